The van der Waals surface area contributed by atoms with Gasteiger partial charge < -0.3 is 10.6 Å². The summed E-state index contributed by atoms with van der Waals surface area (Å²) in [6.45, 7) is 0. The van der Waals surface area contributed by atoms with Crippen molar-refractivity contribution in [3.8, 4) is 0 Å². The molecule has 3 rings (SSSR count). The second-order valence-corrected chi connectivity index (χ2v) is 5.23. The number of carbonyl (C=O) groups is 2. The number of carbonyl (C=O) groups excluding carboxylic acids is 2. The van der Waals surface area contributed by atoms with Crippen molar-refractivity contribution < 1.29 is 9.59 Å². The first kappa shape index (κ1) is 12.7. The van der Waals surface area contributed by atoms with Crippen LogP contribution in [0.4, 0.5) is 11.5 Å². The van der Waals surface area contributed by atoms with Crippen molar-refractivity contribution in [3.63, 3.8) is 0 Å². The van der Waals surface area contributed by atoms with Gasteiger partial charge in [-0.2, -0.15) is 0 Å². The van der Waals surface area contributed by atoms with Gasteiger partial charge in [-0.3, -0.25) is 9.59 Å². The molecule has 1 aliphatic heterocycles. The number of rotatable bonds is 2. The van der Waals surface area contributed by atoms with Gasteiger partial charge in [0.1, 0.15) is 5.82 Å². The molecule has 1 aliphatic rings. The molecule has 6 heteroatoms. The highest BCUT2D eigenvalue weighted by molar-refractivity contribution is 8.00. The van der Waals surface area contributed by atoms with Crippen molar-refractivity contribution in [2.24, 2.45) is 0 Å². The van der Waals surface area contributed by atoms with Crippen LogP contribution < -0.4 is 10.6 Å². The predicted octanol–water partition coefficient (Wildman–Crippen LogP) is 2.38. The van der Waals surface area contributed by atoms with E-state index in [1.807, 2.05) is 6.07 Å². The van der Waals surface area contributed by atoms with Gasteiger partial charge in [0.05, 0.1) is 11.4 Å². The number of nitrogens with one attached hydrogen (secondary N) is 2. The maximum absolute atomic E-state index is 12.1. The van der Waals surface area contributed by atoms with Gasteiger partial charge in [0, 0.05) is 16.7 Å². The van der Waals surface area contributed by atoms with Gasteiger partial charge in [0.2, 0.25) is 5.91 Å². The number of pyridine rings is 1. The SMILES string of the molecule is O=C1CSc2ccc(C(=O)Nc3ccccn3)cc2N1. The van der Waals surface area contributed by atoms with Crippen molar-refractivity contribution >= 4 is 35.1 Å². The second-order valence-electron chi connectivity index (χ2n) is 4.22. The molecule has 0 saturated heterocycles. The minimum absolute atomic E-state index is 0.0511. The summed E-state index contributed by atoms with van der Waals surface area (Å²) in [6, 6.07) is 10.5. The topological polar surface area (TPSA) is 71.1 Å². The number of nitrogens with zero attached hydrogens (tertiary/aromatic N) is 1. The molecule has 0 fully saturated rings. The van der Waals surface area contributed by atoms with Crippen molar-refractivity contribution in [2.75, 3.05) is 16.4 Å². The second kappa shape index (κ2) is 5.34. The monoisotopic (exact) mass is 285 g/mol. The Morgan fingerprint density at radius 2 is 2.20 bits per heavy atom. The number of anilines is 2. The Balaban J connectivity index is 1.82. The van der Waals surface area contributed by atoms with E-state index >= 15 is 0 Å². The first-order valence-electron chi connectivity index (χ1n) is 6.01. The summed E-state index contributed by atoms with van der Waals surface area (Å²) >= 11 is 1.47. The zero-order chi connectivity index (χ0) is 13.9. The van der Waals surface area contributed by atoms with E-state index < -0.39 is 0 Å². The highest BCUT2D eigenvalue weighted by atomic mass is 32.2. The summed E-state index contributed by atoms with van der Waals surface area (Å²) < 4.78 is 0. The van der Waals surface area contributed by atoms with Crippen LogP contribution in [0.1, 0.15) is 10.4 Å². The van der Waals surface area contributed by atoms with Crippen LogP contribution >= 0.6 is 11.8 Å². The standard InChI is InChI=1S/C14H11N3O2S/c18-13-8-20-11-5-4-9(7-10(11)16-13)14(19)17-12-3-1-2-6-15-12/h1-7H,8H2,(H,16,18)(H,15,17,19). The minimum atomic E-state index is -0.253. The largest absolute Gasteiger partial charge is 0.324 e. The van der Waals surface area contributed by atoms with Gasteiger partial charge >= 0.3 is 0 Å². The lowest BCUT2D eigenvalue weighted by molar-refractivity contribution is -0.113. The van der Waals surface area contributed by atoms with Crippen LogP contribution in [0, 0.1) is 0 Å². The van der Waals surface area contributed by atoms with Crippen LogP contribution in [-0.4, -0.2) is 22.6 Å². The van der Waals surface area contributed by atoms with Gasteiger partial charge in [-0.05, 0) is 30.3 Å². The average Bonchev–Trinajstić information content (AvgIpc) is 2.47. The third kappa shape index (κ3) is 2.65. The van der Waals surface area contributed by atoms with E-state index in [2.05, 4.69) is 15.6 Å². The Hall–Kier alpha value is -2.34. The Kier molecular flexibility index (Phi) is 3.39. The van der Waals surface area contributed by atoms with Crippen molar-refractivity contribution in [1.82, 2.24) is 4.98 Å². The number of aromatic nitrogens is 1. The molecule has 2 N–H and O–H groups in total. The summed E-state index contributed by atoms with van der Waals surface area (Å²) in [7, 11) is 0. The van der Waals surface area contributed by atoms with Gasteiger partial charge in [0.15, 0.2) is 0 Å². The van der Waals surface area contributed by atoms with E-state index in [1.165, 1.54) is 11.8 Å². The molecule has 2 heterocycles. The lowest BCUT2D eigenvalue weighted by Gasteiger charge is -2.16. The fraction of sp³-hybridized carbons (Fsp3) is 0.0714. The molecule has 0 unspecified atom stereocenters. The zero-order valence-electron chi connectivity index (χ0n) is 10.4. The molecular weight excluding hydrogens is 274 g/mol. The fourth-order valence-electron chi connectivity index (χ4n) is 1.85. The third-order valence-electron chi connectivity index (χ3n) is 2.78. The lowest BCUT2D eigenvalue weighted by Crippen LogP contribution is -2.20. The van der Waals surface area contributed by atoms with E-state index in [4.69, 9.17) is 0 Å². The molecule has 1 aromatic carbocycles. The molecule has 2 aromatic rings. The first-order valence-corrected chi connectivity index (χ1v) is 7.00. The fourth-order valence-corrected chi connectivity index (χ4v) is 2.64. The van der Waals surface area contributed by atoms with E-state index in [0.29, 0.717) is 22.8 Å². The molecule has 5 nitrogen and oxygen atoms in total. The minimum Gasteiger partial charge on any atom is -0.324 e. The molecular formula is C14H11N3O2S. The van der Waals surface area contributed by atoms with Crippen LogP contribution in [0.2, 0.25) is 0 Å². The molecule has 0 aliphatic carbocycles. The van der Waals surface area contributed by atoms with Crippen molar-refractivity contribution in [2.45, 2.75) is 4.90 Å². The quantitative estimate of drug-likeness (QED) is 0.888. The normalized spacial score (nSPS) is 13.3. The maximum atomic E-state index is 12.1. The van der Waals surface area contributed by atoms with Gasteiger partial charge in [-0.1, -0.05) is 6.07 Å². The Morgan fingerprint density at radius 3 is 3.00 bits per heavy atom. The zero-order valence-corrected chi connectivity index (χ0v) is 11.2. The van der Waals surface area contributed by atoms with Crippen LogP contribution in [0.3, 0.4) is 0 Å². The summed E-state index contributed by atoms with van der Waals surface area (Å²) in [5, 5.41) is 5.47. The Bertz CT molecular complexity index is 673. The molecule has 1 aromatic heterocycles. The number of fused-ring (bicyclic) bond motifs is 1. The molecule has 0 saturated carbocycles. The highest BCUT2D eigenvalue weighted by Gasteiger charge is 2.17. The number of hydrogen-bond donors (Lipinski definition) is 2. The van der Waals surface area contributed by atoms with Crippen LogP contribution in [0.5, 0.6) is 0 Å². The van der Waals surface area contributed by atoms with Gasteiger partial charge in [-0.25, -0.2) is 4.98 Å². The molecule has 0 spiro atoms. The Labute approximate surface area is 119 Å². The van der Waals surface area contributed by atoms with E-state index in [1.54, 1.807) is 36.5 Å². The molecule has 0 atom stereocenters. The molecule has 0 radical (unpaired) electrons. The van der Waals surface area contributed by atoms with Gasteiger partial charge in [-0.15, -0.1) is 11.8 Å². The lowest BCUT2D eigenvalue weighted by atomic mass is 10.2. The molecule has 100 valence electrons. The smallest absolute Gasteiger partial charge is 0.256 e. The number of hydrogen-bond acceptors (Lipinski definition) is 4. The number of thioether (sulfide) groups is 1. The van der Waals surface area contributed by atoms with Crippen LogP contribution in [0.15, 0.2) is 47.5 Å². The van der Waals surface area contributed by atoms with E-state index in [0.717, 1.165) is 4.90 Å². The average molecular weight is 285 g/mol. The van der Waals surface area contributed by atoms with Crippen LogP contribution in [0.25, 0.3) is 0 Å². The van der Waals surface area contributed by atoms with Crippen molar-refractivity contribution in [1.29, 1.82) is 0 Å². The highest BCUT2D eigenvalue weighted by Crippen LogP contribution is 2.32. The Morgan fingerprint density at radius 1 is 1.30 bits per heavy atom. The molecule has 2 amide bonds. The summed E-state index contributed by atoms with van der Waals surface area (Å²) in [6.07, 6.45) is 1.61. The molecule has 20 heavy (non-hydrogen) atoms. The van der Waals surface area contributed by atoms with E-state index in [9.17, 15) is 9.59 Å². The van der Waals surface area contributed by atoms with Crippen LogP contribution in [-0.2, 0) is 4.79 Å². The number of benzene rings is 1. The van der Waals surface area contributed by atoms with Crippen molar-refractivity contribution in [3.05, 3.63) is 48.2 Å². The summed E-state index contributed by atoms with van der Waals surface area (Å²) in [5.74, 6) is 0.599. The third-order valence-corrected chi connectivity index (χ3v) is 3.85. The number of amides is 2. The summed E-state index contributed by atoms with van der Waals surface area (Å²) in [5.41, 5.74) is 1.16. The van der Waals surface area contributed by atoms with Gasteiger partial charge in [0.25, 0.3) is 5.91 Å². The molecule has 0 bridgehead atoms. The first-order chi connectivity index (χ1) is 9.72. The predicted molar refractivity (Wildman–Crippen MR) is 78.0 cm³/mol. The van der Waals surface area contributed by atoms with E-state index in [-0.39, 0.29) is 11.8 Å². The maximum Gasteiger partial charge on any atom is 0.256 e. The summed E-state index contributed by atoms with van der Waals surface area (Å²) in [4.78, 5) is 28.5.